The molecule has 0 aliphatic heterocycles. The second-order valence-corrected chi connectivity index (χ2v) is 9.85. The average Bonchev–Trinajstić information content (AvgIpc) is 3.05. The second kappa shape index (κ2) is 9.14. The van der Waals surface area contributed by atoms with Crippen LogP contribution in [0, 0.1) is 23.2 Å². The quantitative estimate of drug-likeness (QED) is 0.597. The lowest BCUT2D eigenvalue weighted by Crippen LogP contribution is -2.36. The van der Waals surface area contributed by atoms with E-state index in [-0.39, 0.29) is 5.78 Å². The number of ketones is 1. The first-order chi connectivity index (χ1) is 13.8. The normalized spacial score (nSPS) is 38.8. The van der Waals surface area contributed by atoms with Gasteiger partial charge in [-0.2, -0.15) is 0 Å². The molecule has 3 aliphatic rings. The van der Waals surface area contributed by atoms with E-state index >= 15 is 0 Å². The molecule has 0 bridgehead atoms. The van der Waals surface area contributed by atoms with Crippen molar-refractivity contribution < 1.29 is 15.0 Å². The number of rotatable bonds is 6. The molecule has 3 nitrogen and oxygen atoms in total. The lowest BCUT2D eigenvalue weighted by atomic mass is 9.60. The number of aliphatic hydroxyl groups excluding tert-OH is 2. The van der Waals surface area contributed by atoms with Crippen molar-refractivity contribution in [2.75, 3.05) is 0 Å². The van der Waals surface area contributed by atoms with Gasteiger partial charge in [-0.05, 0) is 85.3 Å². The van der Waals surface area contributed by atoms with E-state index in [1.54, 1.807) is 0 Å². The van der Waals surface area contributed by atoms with Crippen molar-refractivity contribution in [2.45, 2.75) is 83.8 Å². The predicted octanol–water partition coefficient (Wildman–Crippen LogP) is 5.30. The molecular formula is C26H38O3. The van der Waals surface area contributed by atoms with Gasteiger partial charge in [0.1, 0.15) is 0 Å². The molecule has 3 heteroatoms. The van der Waals surface area contributed by atoms with Gasteiger partial charge in [0.2, 0.25) is 0 Å². The Morgan fingerprint density at radius 1 is 1.31 bits per heavy atom. The van der Waals surface area contributed by atoms with Gasteiger partial charge in [0, 0.05) is 12.8 Å². The third-order valence-electron chi connectivity index (χ3n) is 8.06. The molecule has 29 heavy (non-hydrogen) atoms. The minimum atomic E-state index is -0.630. The average molecular weight is 399 g/mol. The maximum atomic E-state index is 11.7. The van der Waals surface area contributed by atoms with E-state index in [0.29, 0.717) is 42.4 Å². The van der Waals surface area contributed by atoms with Gasteiger partial charge in [-0.15, -0.1) is 0 Å². The van der Waals surface area contributed by atoms with Crippen molar-refractivity contribution in [3.63, 3.8) is 0 Å². The van der Waals surface area contributed by atoms with Gasteiger partial charge in [0.15, 0.2) is 5.78 Å². The summed E-state index contributed by atoms with van der Waals surface area (Å²) in [5.41, 5.74) is 3.57. The zero-order valence-corrected chi connectivity index (χ0v) is 18.2. The molecule has 3 rings (SSSR count). The number of carbonyl (C=O) groups excluding carboxylic acids is 1. The Morgan fingerprint density at radius 3 is 2.79 bits per heavy atom. The minimum absolute atomic E-state index is 0.157. The summed E-state index contributed by atoms with van der Waals surface area (Å²) < 4.78 is 0. The molecule has 0 aromatic carbocycles. The van der Waals surface area contributed by atoms with Crippen LogP contribution in [-0.4, -0.2) is 28.2 Å². The van der Waals surface area contributed by atoms with Crippen LogP contribution in [0.25, 0.3) is 0 Å². The van der Waals surface area contributed by atoms with Gasteiger partial charge in [-0.25, -0.2) is 0 Å². The molecule has 2 N–H and O–H groups in total. The third kappa shape index (κ3) is 4.67. The third-order valence-corrected chi connectivity index (χ3v) is 8.06. The number of hydrogen-bond donors (Lipinski definition) is 2. The summed E-state index contributed by atoms with van der Waals surface area (Å²) in [5, 5.41) is 20.1. The smallest absolute Gasteiger partial charge is 0.155 e. The van der Waals surface area contributed by atoms with Crippen LogP contribution in [0.2, 0.25) is 0 Å². The monoisotopic (exact) mass is 398 g/mol. The molecule has 160 valence electrons. The van der Waals surface area contributed by atoms with Crippen molar-refractivity contribution in [1.29, 1.82) is 0 Å². The van der Waals surface area contributed by atoms with E-state index < -0.39 is 12.2 Å². The molecule has 0 aromatic heterocycles. The van der Waals surface area contributed by atoms with Crippen molar-refractivity contribution in [1.82, 2.24) is 0 Å². The topological polar surface area (TPSA) is 57.5 Å². The molecule has 6 atom stereocenters. The molecule has 0 radical (unpaired) electrons. The highest BCUT2D eigenvalue weighted by Gasteiger charge is 2.50. The zero-order valence-electron chi connectivity index (χ0n) is 18.2. The molecule has 0 amide bonds. The Kier molecular flexibility index (Phi) is 7.01. The highest BCUT2D eigenvalue weighted by atomic mass is 16.3. The minimum Gasteiger partial charge on any atom is -0.393 e. The van der Waals surface area contributed by atoms with Gasteiger partial charge in [-0.1, -0.05) is 44.7 Å². The largest absolute Gasteiger partial charge is 0.393 e. The number of aliphatic hydroxyl groups is 2. The van der Waals surface area contributed by atoms with Crippen LogP contribution in [0.1, 0.15) is 71.6 Å². The summed E-state index contributed by atoms with van der Waals surface area (Å²) in [5.74, 6) is 1.97. The van der Waals surface area contributed by atoms with Crippen LogP contribution < -0.4 is 0 Å². The maximum Gasteiger partial charge on any atom is 0.155 e. The molecule has 3 aliphatic carbocycles. The molecular weight excluding hydrogens is 360 g/mol. The Morgan fingerprint density at radius 2 is 2.07 bits per heavy atom. The number of fused-ring (bicyclic) bond motifs is 1. The number of hydrogen-bond acceptors (Lipinski definition) is 3. The van der Waals surface area contributed by atoms with E-state index in [0.717, 1.165) is 24.0 Å². The van der Waals surface area contributed by atoms with Crippen molar-refractivity contribution in [3.05, 3.63) is 48.1 Å². The van der Waals surface area contributed by atoms with Gasteiger partial charge < -0.3 is 10.2 Å². The highest BCUT2D eigenvalue weighted by Crippen LogP contribution is 2.59. The first kappa shape index (κ1) is 22.2. The Labute approximate surface area is 176 Å². The van der Waals surface area contributed by atoms with E-state index in [1.165, 1.54) is 37.3 Å². The van der Waals surface area contributed by atoms with Crippen LogP contribution in [0.5, 0.6) is 0 Å². The van der Waals surface area contributed by atoms with E-state index in [4.69, 9.17) is 0 Å². The molecule has 0 saturated heterocycles. The number of allylic oxidation sites excluding steroid dienone is 4. The molecule has 0 heterocycles. The lowest BCUT2D eigenvalue weighted by molar-refractivity contribution is -0.115. The fourth-order valence-corrected chi connectivity index (χ4v) is 6.35. The standard InChI is InChI=1S/C26H38O3/c1-5-21(27)11-8-17(2)23-12-13-24-19(7-6-14-26(23,24)4)9-10-20-15-22(28)16-25(29)18(20)3/h5,9-10,17,22-25,28-29H,1,3,6-8,11-16H2,2,4H3/b19-9+,20-10-/t17-,22-,23-,24+,25+,26-/m1/s1. The Balaban J connectivity index is 1.74. The van der Waals surface area contributed by atoms with Gasteiger partial charge in [0.25, 0.3) is 0 Å². The molecule has 0 aromatic rings. The van der Waals surface area contributed by atoms with Crippen molar-refractivity contribution in [3.8, 4) is 0 Å². The summed E-state index contributed by atoms with van der Waals surface area (Å²) in [4.78, 5) is 11.7. The first-order valence-electron chi connectivity index (χ1n) is 11.4. The Bertz CT molecular complexity index is 715. The van der Waals surface area contributed by atoms with Crippen LogP contribution >= 0.6 is 0 Å². The zero-order chi connectivity index (χ0) is 21.2. The first-order valence-corrected chi connectivity index (χ1v) is 11.4. The van der Waals surface area contributed by atoms with Crippen LogP contribution in [0.3, 0.4) is 0 Å². The summed E-state index contributed by atoms with van der Waals surface area (Å²) in [7, 11) is 0. The summed E-state index contributed by atoms with van der Waals surface area (Å²) in [6, 6.07) is 0. The molecule has 0 spiro atoms. The summed E-state index contributed by atoms with van der Waals surface area (Å²) in [6.45, 7) is 12.4. The van der Waals surface area contributed by atoms with Crippen LogP contribution in [0.4, 0.5) is 0 Å². The SMILES string of the molecule is C=CC(=O)CC[C@@H](C)[C@H]1CC[C@H]2/C(=C/C=C3/C[C@@H](O)C[C@H](O)C3=C)CCC[C@]12C. The summed E-state index contributed by atoms with van der Waals surface area (Å²) >= 11 is 0. The van der Waals surface area contributed by atoms with Crippen LogP contribution in [-0.2, 0) is 4.79 Å². The fraction of sp³-hybridized carbons (Fsp3) is 0.654. The molecule has 3 saturated carbocycles. The maximum absolute atomic E-state index is 11.7. The highest BCUT2D eigenvalue weighted by molar-refractivity contribution is 5.88. The molecule has 3 fully saturated rings. The Hall–Kier alpha value is -1.45. The molecule has 0 unspecified atom stereocenters. The predicted molar refractivity (Wildman–Crippen MR) is 118 cm³/mol. The van der Waals surface area contributed by atoms with Gasteiger partial charge in [0.05, 0.1) is 12.2 Å². The van der Waals surface area contributed by atoms with E-state index in [9.17, 15) is 15.0 Å². The summed E-state index contributed by atoms with van der Waals surface area (Å²) in [6.07, 6.45) is 13.3. The van der Waals surface area contributed by atoms with Crippen molar-refractivity contribution >= 4 is 5.78 Å². The van der Waals surface area contributed by atoms with Gasteiger partial charge >= 0.3 is 0 Å². The van der Waals surface area contributed by atoms with E-state index in [2.05, 4.69) is 39.2 Å². The lowest BCUT2D eigenvalue weighted by Gasteiger charge is -2.44. The van der Waals surface area contributed by atoms with Gasteiger partial charge in [-0.3, -0.25) is 4.79 Å². The van der Waals surface area contributed by atoms with Crippen LogP contribution in [0.15, 0.2) is 48.1 Å². The van der Waals surface area contributed by atoms with E-state index in [1.807, 2.05) is 0 Å². The number of carbonyl (C=O) groups is 1. The second-order valence-electron chi connectivity index (χ2n) is 9.85. The van der Waals surface area contributed by atoms with Crippen molar-refractivity contribution in [2.24, 2.45) is 23.2 Å². The fourth-order valence-electron chi connectivity index (χ4n) is 6.35.